The minimum atomic E-state index is -0.687. The number of ether oxygens (including phenoxy) is 3. The number of nitrogens with zero attached hydrogens (tertiary/aromatic N) is 4. The number of aryl methyl sites for hydroxylation is 1. The number of nitrogens with one attached hydrogen (secondary N) is 1. The molecule has 4 aliphatic heterocycles. The summed E-state index contributed by atoms with van der Waals surface area (Å²) in [6.45, 7) is 8.65. The van der Waals surface area contributed by atoms with E-state index in [9.17, 15) is 19.5 Å². The molecule has 12 heteroatoms. The summed E-state index contributed by atoms with van der Waals surface area (Å²) in [6.07, 6.45) is 4.86. The van der Waals surface area contributed by atoms with Crippen LogP contribution in [0.3, 0.4) is 0 Å². The Morgan fingerprint density at radius 2 is 1.52 bits per heavy atom. The Labute approximate surface area is 364 Å². The van der Waals surface area contributed by atoms with Gasteiger partial charge in [-0.15, -0.1) is 0 Å². The fourth-order valence-corrected chi connectivity index (χ4v) is 10.5. The van der Waals surface area contributed by atoms with Gasteiger partial charge in [-0.05, 0) is 103 Å². The van der Waals surface area contributed by atoms with E-state index in [-0.39, 0.29) is 30.7 Å². The monoisotopic (exact) mass is 841 g/mol. The number of carbonyl (C=O) groups is 3. The van der Waals surface area contributed by atoms with E-state index in [1.165, 1.54) is 27.9 Å². The van der Waals surface area contributed by atoms with Gasteiger partial charge >= 0.3 is 0 Å². The highest BCUT2D eigenvalue weighted by Crippen LogP contribution is 2.47. The molecule has 9 rings (SSSR count). The third kappa shape index (κ3) is 8.91. The largest absolute Gasteiger partial charge is 0.508 e. The minimum absolute atomic E-state index is 0.208. The Kier molecular flexibility index (Phi) is 12.8. The van der Waals surface area contributed by atoms with Gasteiger partial charge in [-0.1, -0.05) is 48.5 Å². The summed E-state index contributed by atoms with van der Waals surface area (Å²) in [6, 6.07) is 29.3. The van der Waals surface area contributed by atoms with Crippen molar-refractivity contribution in [3.63, 3.8) is 0 Å². The average molecular weight is 842 g/mol. The molecule has 4 heterocycles. The molecule has 4 aromatic carbocycles. The van der Waals surface area contributed by atoms with Crippen LogP contribution in [0.15, 0.2) is 84.9 Å². The normalized spacial score (nSPS) is 22.1. The summed E-state index contributed by atoms with van der Waals surface area (Å²) in [7, 11) is 1.64. The number of rotatable bonds is 14. The lowest BCUT2D eigenvalue weighted by molar-refractivity contribution is -0.136. The van der Waals surface area contributed by atoms with Gasteiger partial charge in [0.15, 0.2) is 0 Å². The third-order valence-corrected chi connectivity index (χ3v) is 13.8. The molecule has 1 unspecified atom stereocenters. The van der Waals surface area contributed by atoms with Crippen LogP contribution in [-0.4, -0.2) is 118 Å². The zero-order valence-corrected chi connectivity index (χ0v) is 35.8. The summed E-state index contributed by atoms with van der Waals surface area (Å²) in [5.41, 5.74) is 8.86. The number of imide groups is 1. The lowest BCUT2D eigenvalue weighted by atomic mass is 9.69. The van der Waals surface area contributed by atoms with E-state index in [0.717, 1.165) is 82.7 Å². The molecular weight excluding hydrogens is 783 g/mol. The summed E-state index contributed by atoms with van der Waals surface area (Å²) < 4.78 is 17.3. The van der Waals surface area contributed by atoms with Crippen LogP contribution in [0.25, 0.3) is 0 Å². The summed E-state index contributed by atoms with van der Waals surface area (Å²) >= 11 is 0. The van der Waals surface area contributed by atoms with Gasteiger partial charge in [-0.2, -0.15) is 0 Å². The molecule has 0 bridgehead atoms. The topological polar surface area (TPSA) is 124 Å². The summed E-state index contributed by atoms with van der Waals surface area (Å²) in [5, 5.41) is 12.7. The molecule has 3 atom stereocenters. The van der Waals surface area contributed by atoms with Crippen molar-refractivity contribution in [3.05, 3.63) is 118 Å². The maximum atomic E-state index is 13.7. The van der Waals surface area contributed by atoms with Crippen molar-refractivity contribution in [2.45, 2.75) is 62.9 Å². The van der Waals surface area contributed by atoms with Gasteiger partial charge < -0.3 is 34.0 Å². The van der Waals surface area contributed by atoms with Crippen LogP contribution in [0.4, 0.5) is 11.4 Å². The number of piperazine rings is 1. The zero-order valence-electron chi connectivity index (χ0n) is 35.8. The van der Waals surface area contributed by atoms with Gasteiger partial charge in [0.05, 0.1) is 32.1 Å². The highest BCUT2D eigenvalue weighted by Gasteiger charge is 2.41. The van der Waals surface area contributed by atoms with E-state index in [2.05, 4.69) is 80.7 Å². The second-order valence-corrected chi connectivity index (χ2v) is 17.5. The number of benzene rings is 4. The number of aromatic hydroxyl groups is 1. The molecule has 12 nitrogen and oxygen atoms in total. The van der Waals surface area contributed by atoms with E-state index in [0.29, 0.717) is 61.7 Å². The predicted molar refractivity (Wildman–Crippen MR) is 238 cm³/mol. The molecule has 0 aromatic heterocycles. The molecule has 0 spiro atoms. The van der Waals surface area contributed by atoms with Crippen molar-refractivity contribution in [1.29, 1.82) is 0 Å². The van der Waals surface area contributed by atoms with Crippen LogP contribution in [0.2, 0.25) is 0 Å². The first kappa shape index (κ1) is 41.9. The van der Waals surface area contributed by atoms with Crippen LogP contribution in [0, 0.1) is 5.92 Å². The number of piperidine rings is 2. The first-order chi connectivity index (χ1) is 30.3. The van der Waals surface area contributed by atoms with Crippen LogP contribution < -0.4 is 19.9 Å². The van der Waals surface area contributed by atoms with Gasteiger partial charge in [0.25, 0.3) is 5.91 Å². The first-order valence-electron chi connectivity index (χ1n) is 22.5. The van der Waals surface area contributed by atoms with E-state index >= 15 is 0 Å². The van der Waals surface area contributed by atoms with Crippen LogP contribution >= 0.6 is 0 Å². The van der Waals surface area contributed by atoms with E-state index in [4.69, 9.17) is 14.2 Å². The Hall–Kier alpha value is -5.43. The number of methoxy groups -OCH3 is 1. The smallest absolute Gasteiger partial charge is 0.255 e. The lowest BCUT2D eigenvalue weighted by Gasteiger charge is -2.40. The Bertz CT molecular complexity index is 2220. The average Bonchev–Trinajstić information content (AvgIpc) is 3.63. The van der Waals surface area contributed by atoms with Gasteiger partial charge in [0.1, 0.15) is 24.1 Å². The van der Waals surface area contributed by atoms with Crippen molar-refractivity contribution in [3.8, 4) is 11.5 Å². The molecule has 0 radical (unpaired) electrons. The van der Waals surface area contributed by atoms with Crippen LogP contribution in [0.5, 0.6) is 11.5 Å². The van der Waals surface area contributed by atoms with E-state index in [1.807, 2.05) is 24.3 Å². The summed E-state index contributed by atoms with van der Waals surface area (Å²) in [4.78, 5) is 47.4. The second kappa shape index (κ2) is 18.9. The molecule has 62 heavy (non-hydrogen) atoms. The second-order valence-electron chi connectivity index (χ2n) is 17.5. The maximum Gasteiger partial charge on any atom is 0.255 e. The number of phenols is 1. The predicted octanol–water partition coefficient (Wildman–Crippen LogP) is 6.10. The number of hydrogen-bond donors (Lipinski definition) is 2. The number of carbonyl (C=O) groups excluding carboxylic acids is 3. The SMILES string of the molecule is COCCOCCOc1c(N2CCN(CC3CCN(c4ccc([C@@H]5c6ccc(O)cc6CC[C@@H]5c5ccccc5)cc4)CC3)CC2)ccc2c1CN(C1CCC(=O)NC1=O)C2=O. The van der Waals surface area contributed by atoms with Crippen LogP contribution in [-0.2, 0) is 32.0 Å². The fourth-order valence-electron chi connectivity index (χ4n) is 10.5. The van der Waals surface area contributed by atoms with Gasteiger partial charge in [0.2, 0.25) is 11.8 Å². The van der Waals surface area contributed by atoms with Crippen molar-refractivity contribution in [2.24, 2.45) is 5.92 Å². The molecule has 0 saturated carbocycles. The minimum Gasteiger partial charge on any atom is -0.508 e. The zero-order chi connectivity index (χ0) is 42.6. The molecule has 2 N–H and O–H groups in total. The third-order valence-electron chi connectivity index (χ3n) is 13.8. The van der Waals surface area contributed by atoms with Crippen molar-refractivity contribution in [2.75, 3.05) is 89.2 Å². The highest BCUT2D eigenvalue weighted by atomic mass is 16.5. The van der Waals surface area contributed by atoms with Gasteiger partial charge in [0, 0.05) is 82.1 Å². The first-order valence-corrected chi connectivity index (χ1v) is 22.5. The van der Waals surface area contributed by atoms with Crippen molar-refractivity contribution >= 4 is 29.1 Å². The molecule has 3 fully saturated rings. The highest BCUT2D eigenvalue weighted by molar-refractivity contribution is 6.06. The number of hydrogen-bond acceptors (Lipinski definition) is 10. The fraction of sp³-hybridized carbons (Fsp3) is 0.460. The summed E-state index contributed by atoms with van der Waals surface area (Å²) in [5.74, 6) is 1.36. The van der Waals surface area contributed by atoms with Crippen LogP contribution in [0.1, 0.15) is 82.1 Å². The Balaban J connectivity index is 0.810. The number of amides is 3. The van der Waals surface area contributed by atoms with E-state index in [1.54, 1.807) is 12.0 Å². The molecule has 3 amide bonds. The molecule has 3 saturated heterocycles. The maximum absolute atomic E-state index is 13.7. The van der Waals surface area contributed by atoms with Gasteiger partial charge in [-0.3, -0.25) is 24.6 Å². The number of phenolic OH excluding ortho intramolecular Hbond substituents is 1. The molecular formula is C50H59N5O7. The van der Waals surface area contributed by atoms with Crippen molar-refractivity contribution in [1.82, 2.24) is 15.1 Å². The molecule has 5 aliphatic rings. The standard InChI is InChI=1S/C50H59N5O7/c1-60-27-28-61-29-30-62-48-43-33-55(45-17-18-46(57)51-49(45)58)50(59)42(43)15-16-44(48)54-25-23-52(24-26-54)32-34-19-21-53(22-20-34)38-10-7-36(8-11-38)47-40(35-5-3-2-4-6-35)13-9-37-31-39(56)12-14-41(37)47/h2-8,10-12,14-16,31,34,40,45,47,56H,9,13,17-30,32-33H2,1H3,(H,51,57,58)/t40-,45?,47+/m1/s1. The van der Waals surface area contributed by atoms with Gasteiger partial charge in [-0.25, -0.2) is 0 Å². The lowest BCUT2D eigenvalue weighted by Crippen LogP contribution is -2.52. The number of fused-ring (bicyclic) bond motifs is 2. The Morgan fingerprint density at radius 3 is 2.27 bits per heavy atom. The van der Waals surface area contributed by atoms with E-state index < -0.39 is 11.9 Å². The molecule has 1 aliphatic carbocycles. The molecule has 326 valence electrons. The molecule has 4 aromatic rings. The Morgan fingerprint density at radius 1 is 0.742 bits per heavy atom. The number of anilines is 2. The van der Waals surface area contributed by atoms with Crippen molar-refractivity contribution < 1.29 is 33.7 Å². The quantitative estimate of drug-likeness (QED) is 0.114.